The van der Waals surface area contributed by atoms with Crippen LogP contribution in [0.2, 0.25) is 0 Å². The van der Waals surface area contributed by atoms with Gasteiger partial charge >= 0.3 is 0 Å². The van der Waals surface area contributed by atoms with Crippen molar-refractivity contribution in [1.29, 1.82) is 0 Å². The summed E-state index contributed by atoms with van der Waals surface area (Å²) >= 11 is 0. The third-order valence-electron chi connectivity index (χ3n) is 1.74. The molecule has 2 bridgehead atoms. The second-order valence-corrected chi connectivity index (χ2v) is 2.39. The SMILES string of the molecule is O=C1CC[C@H]2OC[C@H]1O2. The number of ether oxygens (including phenoxy) is 2. The molecule has 0 saturated carbocycles. The first-order chi connectivity index (χ1) is 4.36. The predicted octanol–water partition coefficient (Wildman–Crippen LogP) is 0.0908. The first-order valence-corrected chi connectivity index (χ1v) is 3.16. The van der Waals surface area contributed by atoms with E-state index in [1.54, 1.807) is 0 Å². The molecule has 0 amide bonds. The van der Waals surface area contributed by atoms with E-state index in [4.69, 9.17) is 9.47 Å². The largest absolute Gasteiger partial charge is 0.349 e. The van der Waals surface area contributed by atoms with Gasteiger partial charge in [-0.3, -0.25) is 4.79 Å². The summed E-state index contributed by atoms with van der Waals surface area (Å²) in [5.74, 6) is 0.198. The maximum atomic E-state index is 10.8. The lowest BCUT2D eigenvalue weighted by molar-refractivity contribution is -0.141. The molecule has 2 aliphatic rings. The second kappa shape index (κ2) is 1.78. The van der Waals surface area contributed by atoms with E-state index in [9.17, 15) is 4.79 Å². The zero-order valence-electron chi connectivity index (χ0n) is 5.00. The fourth-order valence-electron chi connectivity index (χ4n) is 1.20. The molecule has 2 rings (SSSR count). The first kappa shape index (κ1) is 5.38. The molecule has 0 N–H and O–H groups in total. The molecule has 2 atom stereocenters. The van der Waals surface area contributed by atoms with Gasteiger partial charge < -0.3 is 9.47 Å². The van der Waals surface area contributed by atoms with Gasteiger partial charge in [-0.15, -0.1) is 0 Å². The normalized spacial score (nSPS) is 41.6. The van der Waals surface area contributed by atoms with E-state index >= 15 is 0 Å². The minimum atomic E-state index is -0.233. The number of fused-ring (bicyclic) bond motifs is 2. The monoisotopic (exact) mass is 128 g/mol. The summed E-state index contributed by atoms with van der Waals surface area (Å²) in [7, 11) is 0. The summed E-state index contributed by atoms with van der Waals surface area (Å²) in [6.45, 7) is 0.476. The summed E-state index contributed by atoms with van der Waals surface area (Å²) in [5.41, 5.74) is 0. The van der Waals surface area contributed by atoms with Crippen molar-refractivity contribution in [3.63, 3.8) is 0 Å². The molecule has 0 unspecified atom stereocenters. The minimum Gasteiger partial charge on any atom is -0.349 e. The summed E-state index contributed by atoms with van der Waals surface area (Å²) in [4.78, 5) is 10.8. The molecule has 3 heteroatoms. The number of rotatable bonds is 0. The van der Waals surface area contributed by atoms with E-state index in [0.29, 0.717) is 13.0 Å². The van der Waals surface area contributed by atoms with Gasteiger partial charge in [-0.1, -0.05) is 0 Å². The van der Waals surface area contributed by atoms with E-state index in [2.05, 4.69) is 0 Å². The Morgan fingerprint density at radius 1 is 1.56 bits per heavy atom. The average Bonchev–Trinajstić information content (AvgIpc) is 2.25. The smallest absolute Gasteiger partial charge is 0.164 e. The van der Waals surface area contributed by atoms with Gasteiger partial charge in [-0.2, -0.15) is 0 Å². The Labute approximate surface area is 52.9 Å². The molecule has 50 valence electrons. The Morgan fingerprint density at radius 3 is 3.22 bits per heavy atom. The number of carbonyl (C=O) groups excluding carboxylic acids is 1. The van der Waals surface area contributed by atoms with Gasteiger partial charge in [0.1, 0.15) is 6.10 Å². The Hall–Kier alpha value is -0.410. The van der Waals surface area contributed by atoms with Crippen molar-refractivity contribution in [2.45, 2.75) is 25.2 Å². The molecule has 0 aromatic carbocycles. The molecular formula is C6H8O3. The molecule has 0 aliphatic carbocycles. The summed E-state index contributed by atoms with van der Waals surface area (Å²) in [6, 6.07) is 0. The topological polar surface area (TPSA) is 35.5 Å². The van der Waals surface area contributed by atoms with Crippen LogP contribution in [0.1, 0.15) is 12.8 Å². The lowest BCUT2D eigenvalue weighted by Gasteiger charge is -2.15. The highest BCUT2D eigenvalue weighted by atomic mass is 16.7. The van der Waals surface area contributed by atoms with Gasteiger partial charge in [-0.25, -0.2) is 0 Å². The molecule has 0 spiro atoms. The second-order valence-electron chi connectivity index (χ2n) is 2.39. The fourth-order valence-corrected chi connectivity index (χ4v) is 1.20. The van der Waals surface area contributed by atoms with Crippen molar-refractivity contribution < 1.29 is 14.3 Å². The van der Waals surface area contributed by atoms with Gasteiger partial charge in [-0.05, 0) is 0 Å². The van der Waals surface area contributed by atoms with Crippen molar-refractivity contribution in [2.75, 3.05) is 6.61 Å². The zero-order chi connectivity index (χ0) is 6.27. The molecule has 0 radical (unpaired) electrons. The van der Waals surface area contributed by atoms with E-state index < -0.39 is 0 Å². The van der Waals surface area contributed by atoms with Gasteiger partial charge in [0.25, 0.3) is 0 Å². The van der Waals surface area contributed by atoms with Crippen LogP contribution in [-0.4, -0.2) is 24.8 Å². The van der Waals surface area contributed by atoms with Crippen LogP contribution in [0.5, 0.6) is 0 Å². The molecular weight excluding hydrogens is 120 g/mol. The van der Waals surface area contributed by atoms with E-state index in [1.165, 1.54) is 0 Å². The first-order valence-electron chi connectivity index (χ1n) is 3.16. The molecule has 3 nitrogen and oxygen atoms in total. The molecule has 9 heavy (non-hydrogen) atoms. The highest BCUT2D eigenvalue weighted by Crippen LogP contribution is 2.23. The number of ketones is 1. The Kier molecular flexibility index (Phi) is 1.07. The van der Waals surface area contributed by atoms with Crippen LogP contribution >= 0.6 is 0 Å². The molecule has 0 aromatic rings. The predicted molar refractivity (Wildman–Crippen MR) is 28.9 cm³/mol. The number of Topliss-reactive ketones (excluding diaryl/α,β-unsaturated/α-hetero) is 1. The van der Waals surface area contributed by atoms with Gasteiger partial charge in [0.15, 0.2) is 12.1 Å². The highest BCUT2D eigenvalue weighted by molar-refractivity contribution is 5.84. The maximum absolute atomic E-state index is 10.8. The lowest BCUT2D eigenvalue weighted by atomic mass is 10.1. The van der Waals surface area contributed by atoms with Gasteiger partial charge in [0.05, 0.1) is 6.61 Å². The number of hydrogen-bond donors (Lipinski definition) is 0. The van der Waals surface area contributed by atoms with E-state index in [0.717, 1.165) is 6.42 Å². The molecule has 0 aromatic heterocycles. The van der Waals surface area contributed by atoms with Crippen LogP contribution < -0.4 is 0 Å². The number of carbonyl (C=O) groups is 1. The van der Waals surface area contributed by atoms with Crippen LogP contribution in [-0.2, 0) is 14.3 Å². The number of hydrogen-bond acceptors (Lipinski definition) is 3. The van der Waals surface area contributed by atoms with Crippen LogP contribution in [0.4, 0.5) is 0 Å². The van der Waals surface area contributed by atoms with Crippen molar-refractivity contribution in [2.24, 2.45) is 0 Å². The van der Waals surface area contributed by atoms with Crippen LogP contribution in [0, 0.1) is 0 Å². The average molecular weight is 128 g/mol. The molecule has 2 heterocycles. The van der Waals surface area contributed by atoms with Crippen molar-refractivity contribution >= 4 is 5.78 Å². The third kappa shape index (κ3) is 0.767. The zero-order valence-corrected chi connectivity index (χ0v) is 5.00. The van der Waals surface area contributed by atoms with Crippen molar-refractivity contribution in [3.05, 3.63) is 0 Å². The highest BCUT2D eigenvalue weighted by Gasteiger charge is 2.35. The Balaban J connectivity index is 2.14. The van der Waals surface area contributed by atoms with E-state index in [1.807, 2.05) is 0 Å². The van der Waals surface area contributed by atoms with Crippen molar-refractivity contribution in [1.82, 2.24) is 0 Å². The van der Waals surface area contributed by atoms with Crippen LogP contribution in [0.3, 0.4) is 0 Å². The standard InChI is InChI=1S/C6H8O3/c7-4-1-2-6-8-3-5(4)9-6/h5-6H,1-3H2/t5-,6+/m1/s1. The van der Waals surface area contributed by atoms with Crippen LogP contribution in [0.25, 0.3) is 0 Å². The summed E-state index contributed by atoms with van der Waals surface area (Å²) in [6.07, 6.45) is 1.07. The molecule has 2 fully saturated rings. The summed E-state index contributed by atoms with van der Waals surface area (Å²) in [5, 5.41) is 0. The fraction of sp³-hybridized carbons (Fsp3) is 0.833. The quantitative estimate of drug-likeness (QED) is 0.464. The van der Waals surface area contributed by atoms with Gasteiger partial charge in [0.2, 0.25) is 0 Å². The lowest BCUT2D eigenvalue weighted by Crippen LogP contribution is -2.28. The Morgan fingerprint density at radius 2 is 2.44 bits per heavy atom. The van der Waals surface area contributed by atoms with E-state index in [-0.39, 0.29) is 18.2 Å². The van der Waals surface area contributed by atoms with Crippen LogP contribution in [0.15, 0.2) is 0 Å². The Bertz CT molecular complexity index is 143. The van der Waals surface area contributed by atoms with Gasteiger partial charge in [0, 0.05) is 12.8 Å². The third-order valence-corrected chi connectivity index (χ3v) is 1.74. The maximum Gasteiger partial charge on any atom is 0.164 e. The van der Waals surface area contributed by atoms with Crippen molar-refractivity contribution in [3.8, 4) is 0 Å². The minimum absolute atomic E-state index is 0.0762. The summed E-state index contributed by atoms with van der Waals surface area (Å²) < 4.78 is 10.2. The molecule has 2 saturated heterocycles. The molecule has 2 aliphatic heterocycles.